The summed E-state index contributed by atoms with van der Waals surface area (Å²) in [6.45, 7) is 1.63. The van der Waals surface area contributed by atoms with Crippen molar-refractivity contribution in [1.82, 2.24) is 34.9 Å². The van der Waals surface area contributed by atoms with Gasteiger partial charge in [-0.2, -0.15) is 18.6 Å². The summed E-state index contributed by atoms with van der Waals surface area (Å²) in [6, 6.07) is -3.88. The van der Waals surface area contributed by atoms with Crippen molar-refractivity contribution in [3.05, 3.63) is 17.5 Å². The number of fused-ring (bicyclic) bond motifs is 4. The van der Waals surface area contributed by atoms with Crippen LogP contribution in [-0.2, 0) is 31.3 Å². The van der Waals surface area contributed by atoms with Crippen LogP contribution in [0.4, 0.5) is 9.59 Å². The third-order valence-electron chi connectivity index (χ3n) is 6.01. The molecule has 0 saturated carbocycles. The summed E-state index contributed by atoms with van der Waals surface area (Å²) < 4.78 is 37.4. The number of urea groups is 2. The average Bonchev–Trinajstić information content (AvgIpc) is 3.31. The summed E-state index contributed by atoms with van der Waals surface area (Å²) in [7, 11) is -3.48. The normalized spacial score (nSPS) is 22.7. The molecule has 0 spiro atoms. The van der Waals surface area contributed by atoms with E-state index < -0.39 is 52.9 Å². The van der Waals surface area contributed by atoms with Gasteiger partial charge in [-0.05, 0) is 6.92 Å². The number of hydroxylamine groups is 2. The maximum atomic E-state index is 12.9. The molecule has 2 fully saturated rings. The third-order valence-corrected chi connectivity index (χ3v) is 6.36. The molecule has 1 aromatic rings. The van der Waals surface area contributed by atoms with Crippen LogP contribution in [0.2, 0.25) is 0 Å². The third kappa shape index (κ3) is 4.15. The lowest BCUT2D eigenvalue weighted by atomic mass is 9.94. The maximum absolute atomic E-state index is 12.9. The van der Waals surface area contributed by atoms with Crippen LogP contribution in [0.15, 0.2) is 11.4 Å². The lowest BCUT2D eigenvalue weighted by Gasteiger charge is -2.33. The molecule has 2 saturated heterocycles. The zero-order valence-electron chi connectivity index (χ0n) is 18.6. The highest BCUT2D eigenvalue weighted by molar-refractivity contribution is 7.80. The molecule has 2 bridgehead atoms. The smallest absolute Gasteiger partial charge is 0.411 e. The number of carbonyl (C=O) groups is 4. The van der Waals surface area contributed by atoms with Crippen molar-refractivity contribution in [3.8, 4) is 0 Å². The number of aryl methyl sites for hydroxylation is 1. The van der Waals surface area contributed by atoms with E-state index in [9.17, 15) is 32.8 Å². The molecule has 0 radical (unpaired) electrons. The predicted molar refractivity (Wildman–Crippen MR) is 112 cm³/mol. The van der Waals surface area contributed by atoms with Gasteiger partial charge in [-0.15, -0.1) is 4.28 Å². The van der Waals surface area contributed by atoms with Gasteiger partial charge in [0.05, 0.1) is 25.0 Å². The number of oxime groups is 1. The first-order valence-electron chi connectivity index (χ1n) is 10.4. The van der Waals surface area contributed by atoms with Crippen LogP contribution in [0.1, 0.15) is 30.3 Å². The summed E-state index contributed by atoms with van der Waals surface area (Å²) in [4.78, 5) is 53.0. The van der Waals surface area contributed by atoms with Crippen LogP contribution in [0, 0.1) is 0 Å². The fourth-order valence-corrected chi connectivity index (χ4v) is 4.75. The number of rotatable bonds is 6. The second kappa shape index (κ2) is 8.78. The van der Waals surface area contributed by atoms with Crippen molar-refractivity contribution in [3.63, 3.8) is 0 Å². The highest BCUT2D eigenvalue weighted by atomic mass is 32.3. The Morgan fingerprint density at radius 3 is 2.63 bits per heavy atom. The van der Waals surface area contributed by atoms with Crippen molar-refractivity contribution >= 4 is 40.0 Å². The number of amides is 6. The summed E-state index contributed by atoms with van der Waals surface area (Å²) >= 11 is 0. The Morgan fingerprint density at radius 1 is 1.29 bits per heavy atom. The molecule has 0 unspecified atom stereocenters. The Bertz CT molecular complexity index is 1230. The van der Waals surface area contributed by atoms with Gasteiger partial charge in [-0.3, -0.25) is 23.7 Å². The lowest BCUT2D eigenvalue weighted by Crippen LogP contribution is -2.58. The Balaban J connectivity index is 1.56. The molecule has 18 heteroatoms. The van der Waals surface area contributed by atoms with Crippen LogP contribution >= 0.6 is 0 Å². The van der Waals surface area contributed by atoms with E-state index in [2.05, 4.69) is 19.9 Å². The van der Waals surface area contributed by atoms with Gasteiger partial charge in [-0.25, -0.2) is 9.59 Å². The number of nitrogens with one attached hydrogen (secondary N) is 1. The number of likely N-dealkylation sites (N-methyl/N-ethyl adjacent to an activating group) is 1. The van der Waals surface area contributed by atoms with E-state index in [4.69, 9.17) is 4.55 Å². The van der Waals surface area contributed by atoms with Crippen LogP contribution < -0.4 is 5.32 Å². The Morgan fingerprint density at radius 2 is 2.00 bits per heavy atom. The molecule has 2 atom stereocenters. The van der Waals surface area contributed by atoms with E-state index in [1.165, 1.54) is 15.8 Å². The van der Waals surface area contributed by atoms with E-state index in [1.807, 2.05) is 0 Å². The molecule has 17 nitrogen and oxygen atoms in total. The van der Waals surface area contributed by atoms with Gasteiger partial charge in [0.25, 0.3) is 0 Å². The molecule has 0 aliphatic carbocycles. The minimum atomic E-state index is -5.02. The SMILES string of the molecule is CCN1CCN(C(=O)NC/C(=N\O)[C@@H]2c3c(cnn3C)[C@@H]3CN2C(=O)N3OS(=O)(=O)O)C(=O)C1=O. The highest BCUT2D eigenvalue weighted by Gasteiger charge is 2.53. The van der Waals surface area contributed by atoms with Crippen molar-refractivity contribution in [2.75, 3.05) is 32.7 Å². The molecule has 1 aromatic heterocycles. The lowest BCUT2D eigenvalue weighted by molar-refractivity contribution is -0.153. The standard InChI is InChI=1S/C17H22N8O9S/c1-3-22-4-5-23(15(27)14(22)26)16(28)18-7-10(20-30)13-12-9(6-19-21(12)2)11-8-24(13)17(29)25(11)34-35(31,32)33/h6,11,13,30H,3-5,7-8H2,1-2H3,(H,18,28)(H,31,32,33)/b20-10+/t11-,13+/m0/s1. The number of imide groups is 1. The fraction of sp³-hybridized carbons (Fsp3) is 0.529. The highest BCUT2D eigenvalue weighted by Crippen LogP contribution is 2.44. The Labute approximate surface area is 198 Å². The quantitative estimate of drug-likeness (QED) is 0.128. The van der Waals surface area contributed by atoms with Gasteiger partial charge >= 0.3 is 34.3 Å². The second-order valence-corrected chi connectivity index (χ2v) is 8.89. The molecule has 3 aliphatic rings. The van der Waals surface area contributed by atoms with Gasteiger partial charge in [0, 0.05) is 32.2 Å². The van der Waals surface area contributed by atoms with Crippen molar-refractivity contribution in [2.24, 2.45) is 12.2 Å². The molecular weight excluding hydrogens is 492 g/mol. The van der Waals surface area contributed by atoms with E-state index in [1.54, 1.807) is 14.0 Å². The van der Waals surface area contributed by atoms with Crippen molar-refractivity contribution in [2.45, 2.75) is 19.0 Å². The topological polar surface area (TPSA) is 207 Å². The average molecular weight is 514 g/mol. The molecule has 35 heavy (non-hydrogen) atoms. The van der Waals surface area contributed by atoms with Gasteiger partial charge in [0.1, 0.15) is 17.8 Å². The summed E-state index contributed by atoms with van der Waals surface area (Å²) in [5.74, 6) is -1.82. The Hall–Kier alpha value is -3.77. The fourth-order valence-electron chi connectivity index (χ4n) is 4.38. The molecule has 190 valence electrons. The largest absolute Gasteiger partial charge is 0.418 e. The zero-order valence-corrected chi connectivity index (χ0v) is 19.4. The van der Waals surface area contributed by atoms with Gasteiger partial charge in [0.15, 0.2) is 0 Å². The summed E-state index contributed by atoms with van der Waals surface area (Å²) in [5.41, 5.74) is 0.572. The molecule has 3 aliphatic heterocycles. The number of hydrogen-bond donors (Lipinski definition) is 3. The van der Waals surface area contributed by atoms with Crippen molar-refractivity contribution in [1.29, 1.82) is 0 Å². The monoisotopic (exact) mass is 514 g/mol. The molecule has 3 N–H and O–H groups in total. The van der Waals surface area contributed by atoms with E-state index in [-0.39, 0.29) is 25.3 Å². The van der Waals surface area contributed by atoms with Gasteiger partial charge < -0.3 is 20.3 Å². The molecule has 4 rings (SSSR count). The van der Waals surface area contributed by atoms with Gasteiger partial charge in [-0.1, -0.05) is 5.16 Å². The van der Waals surface area contributed by atoms with Gasteiger partial charge in [0.2, 0.25) is 0 Å². The van der Waals surface area contributed by atoms with Crippen LogP contribution in [0.3, 0.4) is 0 Å². The second-order valence-electron chi connectivity index (χ2n) is 7.88. The molecule has 0 aromatic carbocycles. The first kappa shape index (κ1) is 24.4. The number of hydrogen-bond acceptors (Lipinski definition) is 10. The number of nitrogens with zero attached hydrogens (tertiary/aromatic N) is 7. The van der Waals surface area contributed by atoms with E-state index >= 15 is 0 Å². The first-order valence-corrected chi connectivity index (χ1v) is 11.7. The van der Waals surface area contributed by atoms with E-state index in [0.29, 0.717) is 22.9 Å². The molecule has 4 heterocycles. The predicted octanol–water partition coefficient (Wildman–Crippen LogP) is -1.78. The Kier molecular flexibility index (Phi) is 6.11. The van der Waals surface area contributed by atoms with Crippen LogP contribution in [-0.4, -0.2) is 110 Å². The van der Waals surface area contributed by atoms with Crippen LogP contribution in [0.25, 0.3) is 0 Å². The van der Waals surface area contributed by atoms with Crippen LogP contribution in [0.5, 0.6) is 0 Å². The van der Waals surface area contributed by atoms with Crippen molar-refractivity contribution < 1.29 is 41.6 Å². The maximum Gasteiger partial charge on any atom is 0.418 e. The summed E-state index contributed by atoms with van der Waals surface area (Å²) in [6.07, 6.45) is 1.37. The summed E-state index contributed by atoms with van der Waals surface area (Å²) in [5, 5.41) is 19.9. The number of carbonyl (C=O) groups excluding carboxylic acids is 4. The minimum absolute atomic E-state index is 0.0284. The first-order chi connectivity index (χ1) is 16.5. The number of piperazine rings is 1. The molecule has 6 amide bonds. The zero-order chi connectivity index (χ0) is 25.7. The molecular formula is C17H22N8O9S. The van der Waals surface area contributed by atoms with E-state index in [0.717, 1.165) is 9.80 Å². The number of aromatic nitrogens is 2. The minimum Gasteiger partial charge on any atom is -0.411 e.